The standard InChI is InChI=1S/C12H9F2N3OS/c13-9-1-2-10(14)8-5-17(4-3-7(8)9)12(18)11-6-19-16-15-11/h1-2,6H,3-5H2. The summed E-state index contributed by atoms with van der Waals surface area (Å²) in [5.74, 6) is -1.20. The lowest BCUT2D eigenvalue weighted by Crippen LogP contribution is -2.37. The van der Waals surface area contributed by atoms with Crippen molar-refractivity contribution in [3.05, 3.63) is 46.0 Å². The van der Waals surface area contributed by atoms with Crippen LogP contribution in [0.25, 0.3) is 0 Å². The number of benzene rings is 1. The maximum atomic E-state index is 13.7. The predicted octanol–water partition coefficient (Wildman–Crippen LogP) is 2.01. The second-order valence-electron chi connectivity index (χ2n) is 4.25. The third-order valence-corrected chi connectivity index (χ3v) is 3.67. The molecule has 2 heterocycles. The van der Waals surface area contributed by atoms with Gasteiger partial charge in [0, 0.05) is 24.0 Å². The van der Waals surface area contributed by atoms with Gasteiger partial charge in [-0.1, -0.05) is 4.49 Å². The van der Waals surface area contributed by atoms with Gasteiger partial charge in [-0.15, -0.1) is 5.10 Å². The van der Waals surface area contributed by atoms with Crippen LogP contribution < -0.4 is 0 Å². The number of hydrogen-bond acceptors (Lipinski definition) is 4. The summed E-state index contributed by atoms with van der Waals surface area (Å²) in [7, 11) is 0. The molecular formula is C12H9F2N3OS. The van der Waals surface area contributed by atoms with Gasteiger partial charge in [0.25, 0.3) is 5.91 Å². The molecule has 0 unspecified atom stereocenters. The molecule has 0 spiro atoms. The van der Waals surface area contributed by atoms with Crippen LogP contribution in [0, 0.1) is 11.6 Å². The van der Waals surface area contributed by atoms with Crippen LogP contribution in [0.15, 0.2) is 17.5 Å². The molecule has 1 aromatic heterocycles. The van der Waals surface area contributed by atoms with Gasteiger partial charge in [-0.25, -0.2) is 8.78 Å². The molecule has 2 aromatic rings. The second kappa shape index (κ2) is 4.65. The van der Waals surface area contributed by atoms with E-state index in [9.17, 15) is 13.6 Å². The Hall–Kier alpha value is -1.89. The van der Waals surface area contributed by atoms with E-state index in [4.69, 9.17) is 0 Å². The maximum absolute atomic E-state index is 13.7. The number of halogens is 2. The van der Waals surface area contributed by atoms with E-state index in [-0.39, 0.29) is 23.7 Å². The van der Waals surface area contributed by atoms with Crippen molar-refractivity contribution >= 4 is 17.4 Å². The normalized spacial score (nSPS) is 14.3. The highest BCUT2D eigenvalue weighted by Crippen LogP contribution is 2.25. The van der Waals surface area contributed by atoms with Crippen LogP contribution in [0.1, 0.15) is 21.6 Å². The molecule has 0 saturated carbocycles. The summed E-state index contributed by atoms with van der Waals surface area (Å²) in [5, 5.41) is 5.24. The summed E-state index contributed by atoms with van der Waals surface area (Å²) in [4.78, 5) is 13.5. The van der Waals surface area contributed by atoms with Gasteiger partial charge < -0.3 is 4.90 Å². The van der Waals surface area contributed by atoms with Crippen molar-refractivity contribution in [3.8, 4) is 0 Å². The highest BCUT2D eigenvalue weighted by atomic mass is 32.1. The molecule has 19 heavy (non-hydrogen) atoms. The van der Waals surface area contributed by atoms with Gasteiger partial charge in [0.15, 0.2) is 5.69 Å². The Kier molecular flexibility index (Phi) is 2.98. The Bertz CT molecular complexity index is 630. The molecular weight excluding hydrogens is 272 g/mol. The molecule has 7 heteroatoms. The number of rotatable bonds is 1. The van der Waals surface area contributed by atoms with Gasteiger partial charge in [0.1, 0.15) is 11.6 Å². The third kappa shape index (κ3) is 2.10. The van der Waals surface area contributed by atoms with E-state index >= 15 is 0 Å². The van der Waals surface area contributed by atoms with E-state index in [0.29, 0.717) is 18.5 Å². The summed E-state index contributed by atoms with van der Waals surface area (Å²) < 4.78 is 30.9. The molecule has 3 rings (SSSR count). The molecule has 1 aromatic carbocycles. The first-order chi connectivity index (χ1) is 9.16. The molecule has 1 amide bonds. The molecule has 4 nitrogen and oxygen atoms in total. The smallest absolute Gasteiger partial charge is 0.275 e. The largest absolute Gasteiger partial charge is 0.332 e. The van der Waals surface area contributed by atoms with Gasteiger partial charge in [-0.05, 0) is 35.6 Å². The number of hydrogen-bond donors (Lipinski definition) is 0. The first-order valence-corrected chi connectivity index (χ1v) is 6.52. The molecule has 0 aliphatic carbocycles. The van der Waals surface area contributed by atoms with Gasteiger partial charge in [0.2, 0.25) is 0 Å². The molecule has 0 radical (unpaired) electrons. The van der Waals surface area contributed by atoms with E-state index in [0.717, 1.165) is 23.7 Å². The minimum absolute atomic E-state index is 0.0648. The third-order valence-electron chi connectivity index (χ3n) is 3.16. The average Bonchev–Trinajstić information content (AvgIpc) is 2.96. The molecule has 0 fully saturated rings. The van der Waals surface area contributed by atoms with E-state index < -0.39 is 11.6 Å². The topological polar surface area (TPSA) is 46.1 Å². The van der Waals surface area contributed by atoms with Crippen molar-refractivity contribution in [2.75, 3.05) is 6.54 Å². The summed E-state index contributed by atoms with van der Waals surface area (Å²) in [6.45, 7) is 0.416. The number of fused-ring (bicyclic) bond motifs is 1. The summed E-state index contributed by atoms with van der Waals surface area (Å²) in [6, 6.07) is 2.21. The van der Waals surface area contributed by atoms with Crippen LogP contribution in [0.3, 0.4) is 0 Å². The second-order valence-corrected chi connectivity index (χ2v) is 4.86. The number of nitrogens with zero attached hydrogens (tertiary/aromatic N) is 3. The highest BCUT2D eigenvalue weighted by Gasteiger charge is 2.26. The summed E-state index contributed by atoms with van der Waals surface area (Å²) >= 11 is 1.08. The van der Waals surface area contributed by atoms with Gasteiger partial charge in [-0.2, -0.15) is 0 Å². The van der Waals surface area contributed by atoms with Crippen molar-refractivity contribution in [1.82, 2.24) is 14.5 Å². The van der Waals surface area contributed by atoms with Crippen molar-refractivity contribution in [3.63, 3.8) is 0 Å². The Morgan fingerprint density at radius 2 is 2.00 bits per heavy atom. The lowest BCUT2D eigenvalue weighted by atomic mass is 9.98. The number of aromatic nitrogens is 2. The van der Waals surface area contributed by atoms with E-state index in [1.807, 2.05) is 0 Å². The number of amides is 1. The highest BCUT2D eigenvalue weighted by molar-refractivity contribution is 7.03. The Morgan fingerprint density at radius 1 is 1.26 bits per heavy atom. The van der Waals surface area contributed by atoms with E-state index in [1.54, 1.807) is 5.38 Å². The molecule has 98 valence electrons. The zero-order valence-corrected chi connectivity index (χ0v) is 10.6. The first-order valence-electron chi connectivity index (χ1n) is 5.69. The van der Waals surface area contributed by atoms with Crippen LogP contribution >= 0.6 is 11.5 Å². The lowest BCUT2D eigenvalue weighted by Gasteiger charge is -2.28. The van der Waals surface area contributed by atoms with Gasteiger partial charge in [-0.3, -0.25) is 4.79 Å². The first kappa shape index (κ1) is 12.2. The fourth-order valence-corrected chi connectivity index (χ4v) is 2.62. The van der Waals surface area contributed by atoms with Crippen LogP contribution in [0.2, 0.25) is 0 Å². The van der Waals surface area contributed by atoms with Crippen LogP contribution in [-0.4, -0.2) is 26.9 Å². The van der Waals surface area contributed by atoms with E-state index in [1.165, 1.54) is 4.90 Å². The minimum Gasteiger partial charge on any atom is -0.332 e. The zero-order chi connectivity index (χ0) is 13.4. The van der Waals surface area contributed by atoms with Crippen LogP contribution in [-0.2, 0) is 13.0 Å². The monoisotopic (exact) mass is 281 g/mol. The van der Waals surface area contributed by atoms with Crippen LogP contribution in [0.5, 0.6) is 0 Å². The van der Waals surface area contributed by atoms with Crippen LogP contribution in [0.4, 0.5) is 8.78 Å². The lowest BCUT2D eigenvalue weighted by molar-refractivity contribution is 0.0725. The van der Waals surface area contributed by atoms with Gasteiger partial charge >= 0.3 is 0 Å². The maximum Gasteiger partial charge on any atom is 0.275 e. The quantitative estimate of drug-likeness (QED) is 0.803. The number of carbonyl (C=O) groups excluding carboxylic acids is 1. The zero-order valence-electron chi connectivity index (χ0n) is 9.77. The Labute approximate surface area is 111 Å². The average molecular weight is 281 g/mol. The Morgan fingerprint density at radius 3 is 2.68 bits per heavy atom. The minimum atomic E-state index is -0.481. The fourth-order valence-electron chi connectivity index (χ4n) is 2.19. The van der Waals surface area contributed by atoms with Gasteiger partial charge in [0.05, 0.1) is 0 Å². The van der Waals surface area contributed by atoms with Crippen molar-refractivity contribution in [2.24, 2.45) is 0 Å². The molecule has 1 aliphatic heterocycles. The SMILES string of the molecule is O=C(c1csnn1)N1CCc2c(F)ccc(F)c2C1. The summed E-state index contributed by atoms with van der Waals surface area (Å²) in [5.41, 5.74) is 0.855. The molecule has 0 atom stereocenters. The molecule has 1 aliphatic rings. The summed E-state index contributed by atoms with van der Waals surface area (Å²) in [6.07, 6.45) is 0.308. The van der Waals surface area contributed by atoms with E-state index in [2.05, 4.69) is 9.59 Å². The molecule has 0 N–H and O–H groups in total. The number of carbonyl (C=O) groups is 1. The van der Waals surface area contributed by atoms with Crippen molar-refractivity contribution in [1.29, 1.82) is 0 Å². The predicted molar refractivity (Wildman–Crippen MR) is 64.7 cm³/mol. The fraction of sp³-hybridized carbons (Fsp3) is 0.250. The molecule has 0 saturated heterocycles. The van der Waals surface area contributed by atoms with Crippen molar-refractivity contribution in [2.45, 2.75) is 13.0 Å². The Balaban J connectivity index is 1.90. The molecule has 0 bridgehead atoms. The van der Waals surface area contributed by atoms with Crippen molar-refractivity contribution < 1.29 is 13.6 Å².